The third-order valence-electron chi connectivity index (χ3n) is 3.15. The average Bonchev–Trinajstić information content (AvgIpc) is 2.29. The molecule has 16 heavy (non-hydrogen) atoms. The van der Waals surface area contributed by atoms with Crippen molar-refractivity contribution >= 4 is 0 Å². The van der Waals surface area contributed by atoms with Gasteiger partial charge in [-0.15, -0.1) is 0 Å². The van der Waals surface area contributed by atoms with E-state index in [1.807, 2.05) is 12.1 Å². The second kappa shape index (κ2) is 6.54. The SMILES string of the molecule is CCCCCN(C)C(C)c1ccc(O)cc1. The van der Waals surface area contributed by atoms with Gasteiger partial charge in [0.25, 0.3) is 0 Å². The number of unbranched alkanes of at least 4 members (excludes halogenated alkanes) is 2. The van der Waals surface area contributed by atoms with Crippen LogP contribution in [-0.4, -0.2) is 23.6 Å². The van der Waals surface area contributed by atoms with Crippen molar-refractivity contribution in [2.45, 2.75) is 39.2 Å². The van der Waals surface area contributed by atoms with E-state index in [2.05, 4.69) is 25.8 Å². The zero-order chi connectivity index (χ0) is 12.0. The molecule has 0 saturated heterocycles. The summed E-state index contributed by atoms with van der Waals surface area (Å²) < 4.78 is 0. The van der Waals surface area contributed by atoms with Gasteiger partial charge in [-0.05, 0) is 44.6 Å². The number of phenols is 1. The van der Waals surface area contributed by atoms with Crippen LogP contribution in [-0.2, 0) is 0 Å². The zero-order valence-corrected chi connectivity index (χ0v) is 10.6. The first-order chi connectivity index (χ1) is 7.65. The van der Waals surface area contributed by atoms with Crippen LogP contribution in [0.25, 0.3) is 0 Å². The standard InChI is InChI=1S/C14H23NO/c1-4-5-6-11-15(3)12(2)13-7-9-14(16)10-8-13/h7-10,12,16H,4-6,11H2,1-3H3. The highest BCUT2D eigenvalue weighted by atomic mass is 16.3. The van der Waals surface area contributed by atoms with Gasteiger partial charge in [-0.1, -0.05) is 31.9 Å². The van der Waals surface area contributed by atoms with Crippen molar-refractivity contribution in [3.05, 3.63) is 29.8 Å². The predicted molar refractivity (Wildman–Crippen MR) is 68.7 cm³/mol. The van der Waals surface area contributed by atoms with Gasteiger partial charge < -0.3 is 5.11 Å². The average molecular weight is 221 g/mol. The fourth-order valence-corrected chi connectivity index (χ4v) is 1.81. The van der Waals surface area contributed by atoms with Gasteiger partial charge in [0.2, 0.25) is 0 Å². The molecule has 0 fully saturated rings. The molecule has 1 rings (SSSR count). The highest BCUT2D eigenvalue weighted by Gasteiger charge is 2.10. The van der Waals surface area contributed by atoms with Crippen LogP contribution in [0.1, 0.15) is 44.7 Å². The Morgan fingerprint density at radius 3 is 2.38 bits per heavy atom. The van der Waals surface area contributed by atoms with Crippen molar-refractivity contribution in [1.82, 2.24) is 4.90 Å². The Labute approximate surface area is 98.9 Å². The molecule has 2 heteroatoms. The van der Waals surface area contributed by atoms with Crippen molar-refractivity contribution in [1.29, 1.82) is 0 Å². The van der Waals surface area contributed by atoms with Crippen LogP contribution in [0, 0.1) is 0 Å². The molecule has 90 valence electrons. The van der Waals surface area contributed by atoms with E-state index in [1.165, 1.54) is 24.8 Å². The number of rotatable bonds is 6. The summed E-state index contributed by atoms with van der Waals surface area (Å²) in [5, 5.41) is 9.24. The van der Waals surface area contributed by atoms with E-state index in [1.54, 1.807) is 12.1 Å². The molecular formula is C14H23NO. The van der Waals surface area contributed by atoms with Gasteiger partial charge in [0.15, 0.2) is 0 Å². The maximum Gasteiger partial charge on any atom is 0.115 e. The van der Waals surface area contributed by atoms with E-state index in [0.717, 1.165) is 6.54 Å². The summed E-state index contributed by atoms with van der Waals surface area (Å²) in [6.07, 6.45) is 3.82. The number of hydrogen-bond donors (Lipinski definition) is 1. The molecule has 0 bridgehead atoms. The number of nitrogens with zero attached hydrogens (tertiary/aromatic N) is 1. The third kappa shape index (κ3) is 3.86. The minimum Gasteiger partial charge on any atom is -0.508 e. The summed E-state index contributed by atoms with van der Waals surface area (Å²) in [6.45, 7) is 5.57. The summed E-state index contributed by atoms with van der Waals surface area (Å²) in [4.78, 5) is 2.36. The van der Waals surface area contributed by atoms with Gasteiger partial charge in [-0.3, -0.25) is 4.90 Å². The fraction of sp³-hybridized carbons (Fsp3) is 0.571. The second-order valence-electron chi connectivity index (χ2n) is 4.46. The van der Waals surface area contributed by atoms with Crippen LogP contribution in [0.5, 0.6) is 5.75 Å². The lowest BCUT2D eigenvalue weighted by molar-refractivity contribution is 0.256. The van der Waals surface area contributed by atoms with E-state index in [-0.39, 0.29) is 0 Å². The zero-order valence-electron chi connectivity index (χ0n) is 10.6. The third-order valence-corrected chi connectivity index (χ3v) is 3.15. The molecule has 1 atom stereocenters. The van der Waals surface area contributed by atoms with Crippen LogP contribution in [0.15, 0.2) is 24.3 Å². The Morgan fingerprint density at radius 1 is 1.19 bits per heavy atom. The van der Waals surface area contributed by atoms with E-state index >= 15 is 0 Å². The first-order valence-electron chi connectivity index (χ1n) is 6.14. The lowest BCUT2D eigenvalue weighted by Crippen LogP contribution is -2.23. The van der Waals surface area contributed by atoms with Crippen LogP contribution < -0.4 is 0 Å². The Bertz CT molecular complexity index is 294. The monoisotopic (exact) mass is 221 g/mol. The molecule has 0 radical (unpaired) electrons. The molecule has 0 spiro atoms. The fourth-order valence-electron chi connectivity index (χ4n) is 1.81. The Morgan fingerprint density at radius 2 is 1.81 bits per heavy atom. The summed E-state index contributed by atoms with van der Waals surface area (Å²) in [5.41, 5.74) is 1.26. The first-order valence-corrected chi connectivity index (χ1v) is 6.14. The molecular weight excluding hydrogens is 198 g/mol. The van der Waals surface area contributed by atoms with Gasteiger partial charge in [-0.25, -0.2) is 0 Å². The van der Waals surface area contributed by atoms with Crippen LogP contribution in [0.3, 0.4) is 0 Å². The van der Waals surface area contributed by atoms with Crippen LogP contribution in [0.4, 0.5) is 0 Å². The molecule has 0 heterocycles. The van der Waals surface area contributed by atoms with Gasteiger partial charge in [0, 0.05) is 6.04 Å². The van der Waals surface area contributed by atoms with Crippen molar-refractivity contribution in [2.24, 2.45) is 0 Å². The van der Waals surface area contributed by atoms with E-state index in [9.17, 15) is 5.11 Å². The molecule has 0 aliphatic rings. The highest BCUT2D eigenvalue weighted by Crippen LogP contribution is 2.21. The molecule has 0 aliphatic heterocycles. The smallest absolute Gasteiger partial charge is 0.115 e. The first kappa shape index (κ1) is 13.0. The highest BCUT2D eigenvalue weighted by molar-refractivity contribution is 5.27. The summed E-state index contributed by atoms with van der Waals surface area (Å²) in [5.74, 6) is 0.338. The predicted octanol–water partition coefficient (Wildman–Crippen LogP) is 3.58. The lowest BCUT2D eigenvalue weighted by Gasteiger charge is -2.25. The molecule has 1 aromatic rings. The molecule has 0 aliphatic carbocycles. The lowest BCUT2D eigenvalue weighted by atomic mass is 10.1. The minimum absolute atomic E-state index is 0.338. The van der Waals surface area contributed by atoms with Crippen molar-refractivity contribution < 1.29 is 5.11 Å². The van der Waals surface area contributed by atoms with Crippen molar-refractivity contribution in [2.75, 3.05) is 13.6 Å². The molecule has 2 nitrogen and oxygen atoms in total. The van der Waals surface area contributed by atoms with Crippen LogP contribution in [0.2, 0.25) is 0 Å². The van der Waals surface area contributed by atoms with Crippen LogP contribution >= 0.6 is 0 Å². The number of phenolic OH excluding ortho intramolecular Hbond substituents is 1. The normalized spacial score (nSPS) is 13.0. The Balaban J connectivity index is 2.49. The molecule has 0 aromatic heterocycles. The number of hydrogen-bond acceptors (Lipinski definition) is 2. The molecule has 1 N–H and O–H groups in total. The number of aromatic hydroxyl groups is 1. The summed E-state index contributed by atoms with van der Waals surface area (Å²) in [7, 11) is 2.16. The maximum atomic E-state index is 9.24. The van der Waals surface area contributed by atoms with E-state index < -0.39 is 0 Å². The van der Waals surface area contributed by atoms with E-state index in [4.69, 9.17) is 0 Å². The van der Waals surface area contributed by atoms with Gasteiger partial charge in [0.1, 0.15) is 5.75 Å². The molecule has 1 aromatic carbocycles. The Kier molecular flexibility index (Phi) is 5.33. The van der Waals surface area contributed by atoms with Crippen molar-refractivity contribution in [3.8, 4) is 5.75 Å². The molecule has 0 saturated carbocycles. The second-order valence-corrected chi connectivity index (χ2v) is 4.46. The van der Waals surface area contributed by atoms with Gasteiger partial charge in [-0.2, -0.15) is 0 Å². The number of benzene rings is 1. The Hall–Kier alpha value is -1.02. The largest absolute Gasteiger partial charge is 0.508 e. The molecule has 0 amide bonds. The maximum absolute atomic E-state index is 9.24. The van der Waals surface area contributed by atoms with E-state index in [0.29, 0.717) is 11.8 Å². The van der Waals surface area contributed by atoms with Crippen molar-refractivity contribution in [3.63, 3.8) is 0 Å². The minimum atomic E-state index is 0.338. The molecule has 1 unspecified atom stereocenters. The summed E-state index contributed by atoms with van der Waals surface area (Å²) >= 11 is 0. The van der Waals surface area contributed by atoms with Gasteiger partial charge >= 0.3 is 0 Å². The summed E-state index contributed by atoms with van der Waals surface area (Å²) in [6, 6.07) is 7.92. The topological polar surface area (TPSA) is 23.5 Å². The quantitative estimate of drug-likeness (QED) is 0.742. The van der Waals surface area contributed by atoms with Gasteiger partial charge in [0.05, 0.1) is 0 Å².